The molecule has 1 aromatic carbocycles. The van der Waals surface area contributed by atoms with Gasteiger partial charge in [0.2, 0.25) is 0 Å². The molecule has 1 aromatic rings. The molecule has 13 heavy (non-hydrogen) atoms. The molecule has 2 atom stereocenters. The second-order valence-corrected chi connectivity index (χ2v) is 3.00. The predicted octanol–water partition coefficient (Wildman–Crippen LogP) is 2.27. The van der Waals surface area contributed by atoms with Gasteiger partial charge in [0.05, 0.1) is 18.1 Å². The topological polar surface area (TPSA) is 44.0 Å². The van der Waals surface area contributed by atoms with Crippen molar-refractivity contribution in [3.05, 3.63) is 35.9 Å². The first kappa shape index (κ1) is 9.76. The Morgan fingerprint density at radius 1 is 1.38 bits per heavy atom. The summed E-state index contributed by atoms with van der Waals surface area (Å²) in [5, 5.41) is 18.5. The van der Waals surface area contributed by atoms with Gasteiger partial charge < -0.3 is 5.11 Å². The summed E-state index contributed by atoms with van der Waals surface area (Å²) >= 11 is 0. The van der Waals surface area contributed by atoms with Gasteiger partial charge in [-0.3, -0.25) is 0 Å². The summed E-state index contributed by atoms with van der Waals surface area (Å²) < 4.78 is 0. The molecule has 0 aliphatic carbocycles. The number of nitrogens with zero attached hydrogens (tertiary/aromatic N) is 1. The number of benzene rings is 1. The number of nitriles is 1. The van der Waals surface area contributed by atoms with Gasteiger partial charge in [-0.15, -0.1) is 0 Å². The molecule has 0 fully saturated rings. The minimum Gasteiger partial charge on any atom is -0.387 e. The van der Waals surface area contributed by atoms with E-state index in [9.17, 15) is 5.11 Å². The first-order chi connectivity index (χ1) is 6.29. The Kier molecular flexibility index (Phi) is 3.48. The molecule has 0 heterocycles. The van der Waals surface area contributed by atoms with Gasteiger partial charge in [-0.1, -0.05) is 37.3 Å². The van der Waals surface area contributed by atoms with Crippen LogP contribution >= 0.6 is 0 Å². The molecule has 2 unspecified atom stereocenters. The number of hydrogen-bond acceptors (Lipinski definition) is 2. The Labute approximate surface area is 78.4 Å². The standard InChI is InChI=1S/C11H13NO/c1-2-9(8-12)11(13)10-6-4-3-5-7-10/h3-7,9,11,13H,2H2,1H3. The Morgan fingerprint density at radius 2 is 2.00 bits per heavy atom. The summed E-state index contributed by atoms with van der Waals surface area (Å²) in [6.07, 6.45) is 0.0169. The molecule has 0 aromatic heterocycles. The minimum absolute atomic E-state index is 0.303. The summed E-state index contributed by atoms with van der Waals surface area (Å²) in [6.45, 7) is 1.90. The van der Waals surface area contributed by atoms with E-state index in [1.807, 2.05) is 37.3 Å². The zero-order valence-corrected chi connectivity index (χ0v) is 7.64. The normalized spacial score (nSPS) is 14.5. The maximum Gasteiger partial charge on any atom is 0.0948 e. The fourth-order valence-corrected chi connectivity index (χ4v) is 1.27. The van der Waals surface area contributed by atoms with Gasteiger partial charge in [-0.05, 0) is 12.0 Å². The maximum atomic E-state index is 9.76. The van der Waals surface area contributed by atoms with Crippen molar-refractivity contribution in [1.82, 2.24) is 0 Å². The van der Waals surface area contributed by atoms with Crippen LogP contribution in [-0.4, -0.2) is 5.11 Å². The maximum absolute atomic E-state index is 9.76. The third-order valence-corrected chi connectivity index (χ3v) is 2.13. The Balaban J connectivity index is 2.79. The summed E-state index contributed by atoms with van der Waals surface area (Å²) in [5.41, 5.74) is 0.816. The Hall–Kier alpha value is -1.33. The number of aliphatic hydroxyl groups is 1. The molecule has 0 radical (unpaired) electrons. The third-order valence-electron chi connectivity index (χ3n) is 2.13. The smallest absolute Gasteiger partial charge is 0.0948 e. The number of aliphatic hydroxyl groups excluding tert-OH is 1. The average molecular weight is 175 g/mol. The van der Waals surface area contributed by atoms with E-state index >= 15 is 0 Å². The van der Waals surface area contributed by atoms with Crippen LogP contribution in [0.2, 0.25) is 0 Å². The van der Waals surface area contributed by atoms with Gasteiger partial charge in [0.1, 0.15) is 0 Å². The van der Waals surface area contributed by atoms with Gasteiger partial charge in [0.25, 0.3) is 0 Å². The molecular formula is C11H13NO. The second-order valence-electron chi connectivity index (χ2n) is 3.00. The second kappa shape index (κ2) is 4.64. The molecule has 1 rings (SSSR count). The average Bonchev–Trinajstić information content (AvgIpc) is 2.21. The SMILES string of the molecule is CCC(C#N)C(O)c1ccccc1. The van der Waals surface area contributed by atoms with Gasteiger partial charge in [0, 0.05) is 0 Å². The van der Waals surface area contributed by atoms with E-state index in [4.69, 9.17) is 5.26 Å². The minimum atomic E-state index is -0.656. The molecule has 0 bridgehead atoms. The lowest BCUT2D eigenvalue weighted by Gasteiger charge is -2.14. The van der Waals surface area contributed by atoms with E-state index in [2.05, 4.69) is 6.07 Å². The predicted molar refractivity (Wildman–Crippen MR) is 50.8 cm³/mol. The van der Waals surface area contributed by atoms with E-state index in [0.717, 1.165) is 5.56 Å². The highest BCUT2D eigenvalue weighted by molar-refractivity contribution is 5.19. The quantitative estimate of drug-likeness (QED) is 0.765. The highest BCUT2D eigenvalue weighted by atomic mass is 16.3. The molecule has 68 valence electrons. The highest BCUT2D eigenvalue weighted by Gasteiger charge is 2.17. The molecule has 1 N–H and O–H groups in total. The fourth-order valence-electron chi connectivity index (χ4n) is 1.27. The lowest BCUT2D eigenvalue weighted by atomic mass is 9.95. The van der Waals surface area contributed by atoms with Crippen LogP contribution in [0.1, 0.15) is 25.0 Å². The zero-order valence-electron chi connectivity index (χ0n) is 7.64. The van der Waals surface area contributed by atoms with E-state index < -0.39 is 6.10 Å². The molecule has 0 aliphatic rings. The molecule has 0 saturated carbocycles. The summed E-state index contributed by atoms with van der Waals surface area (Å²) in [7, 11) is 0. The molecule has 0 saturated heterocycles. The van der Waals surface area contributed by atoms with Gasteiger partial charge in [-0.2, -0.15) is 5.26 Å². The van der Waals surface area contributed by atoms with Crippen molar-refractivity contribution in [3.63, 3.8) is 0 Å². The van der Waals surface area contributed by atoms with Crippen LogP contribution in [0.4, 0.5) is 0 Å². The fraction of sp³-hybridized carbons (Fsp3) is 0.364. The summed E-state index contributed by atoms with van der Waals surface area (Å²) in [6, 6.07) is 11.4. The monoisotopic (exact) mass is 175 g/mol. The number of hydrogen-bond donors (Lipinski definition) is 1. The van der Waals surface area contributed by atoms with E-state index in [0.29, 0.717) is 6.42 Å². The van der Waals surface area contributed by atoms with Crippen molar-refractivity contribution in [2.75, 3.05) is 0 Å². The molecule has 0 aliphatic heterocycles. The van der Waals surface area contributed by atoms with Crippen LogP contribution in [0, 0.1) is 17.2 Å². The highest BCUT2D eigenvalue weighted by Crippen LogP contribution is 2.23. The van der Waals surface area contributed by atoms with Crippen molar-refractivity contribution in [3.8, 4) is 6.07 Å². The largest absolute Gasteiger partial charge is 0.387 e. The van der Waals surface area contributed by atoms with Crippen molar-refractivity contribution in [2.45, 2.75) is 19.4 Å². The van der Waals surface area contributed by atoms with Gasteiger partial charge in [-0.25, -0.2) is 0 Å². The van der Waals surface area contributed by atoms with Gasteiger partial charge in [0.15, 0.2) is 0 Å². The number of rotatable bonds is 3. The van der Waals surface area contributed by atoms with Crippen molar-refractivity contribution in [2.24, 2.45) is 5.92 Å². The Bertz CT molecular complexity index is 289. The van der Waals surface area contributed by atoms with E-state index in [-0.39, 0.29) is 5.92 Å². The molecule has 2 heteroatoms. The molecule has 0 spiro atoms. The first-order valence-electron chi connectivity index (χ1n) is 4.42. The van der Waals surface area contributed by atoms with Crippen LogP contribution in [0.25, 0.3) is 0 Å². The van der Waals surface area contributed by atoms with Crippen LogP contribution in [0.3, 0.4) is 0 Å². The van der Waals surface area contributed by atoms with Crippen LogP contribution in [-0.2, 0) is 0 Å². The van der Waals surface area contributed by atoms with Crippen LogP contribution in [0.5, 0.6) is 0 Å². The summed E-state index contributed by atoms with van der Waals surface area (Å²) in [5.74, 6) is -0.303. The summed E-state index contributed by atoms with van der Waals surface area (Å²) in [4.78, 5) is 0. The van der Waals surface area contributed by atoms with Gasteiger partial charge >= 0.3 is 0 Å². The lowest BCUT2D eigenvalue weighted by molar-refractivity contribution is 0.133. The molecule has 0 amide bonds. The third kappa shape index (κ3) is 2.30. The van der Waals surface area contributed by atoms with E-state index in [1.165, 1.54) is 0 Å². The molecular weight excluding hydrogens is 162 g/mol. The van der Waals surface area contributed by atoms with Crippen molar-refractivity contribution < 1.29 is 5.11 Å². The van der Waals surface area contributed by atoms with Crippen LogP contribution in [0.15, 0.2) is 30.3 Å². The first-order valence-corrected chi connectivity index (χ1v) is 4.42. The lowest BCUT2D eigenvalue weighted by Crippen LogP contribution is -2.09. The van der Waals surface area contributed by atoms with Crippen molar-refractivity contribution >= 4 is 0 Å². The Morgan fingerprint density at radius 3 is 2.46 bits per heavy atom. The van der Waals surface area contributed by atoms with Crippen molar-refractivity contribution in [1.29, 1.82) is 5.26 Å². The van der Waals surface area contributed by atoms with Crippen LogP contribution < -0.4 is 0 Å². The molecule has 2 nitrogen and oxygen atoms in total. The zero-order chi connectivity index (χ0) is 9.68. The van der Waals surface area contributed by atoms with E-state index in [1.54, 1.807) is 0 Å².